The van der Waals surface area contributed by atoms with Crippen LogP contribution >= 0.6 is 0 Å². The normalized spacial score (nSPS) is 21.3. The third-order valence-corrected chi connectivity index (χ3v) is 3.24. The quantitative estimate of drug-likeness (QED) is 0.730. The van der Waals surface area contributed by atoms with Crippen LogP contribution in [0.3, 0.4) is 0 Å². The lowest BCUT2D eigenvalue weighted by Gasteiger charge is -2.20. The number of nitrogens with one attached hydrogen (secondary N) is 2. The lowest BCUT2D eigenvalue weighted by atomic mass is 10.2. The lowest BCUT2D eigenvalue weighted by Crippen LogP contribution is -2.48. The van der Waals surface area contributed by atoms with Gasteiger partial charge in [0.25, 0.3) is 0 Å². The zero-order chi connectivity index (χ0) is 11.3. The summed E-state index contributed by atoms with van der Waals surface area (Å²) >= 11 is 0. The van der Waals surface area contributed by atoms with Crippen molar-refractivity contribution in [1.82, 2.24) is 10.6 Å². The molecule has 3 nitrogen and oxygen atoms in total. The summed E-state index contributed by atoms with van der Waals surface area (Å²) in [6.07, 6.45) is 5.89. The molecule has 1 amide bonds. The summed E-state index contributed by atoms with van der Waals surface area (Å²) in [4.78, 5) is 11.8. The maximum absolute atomic E-state index is 11.8. The maximum Gasteiger partial charge on any atom is 0.237 e. The van der Waals surface area contributed by atoms with Crippen molar-refractivity contribution >= 4 is 5.91 Å². The maximum atomic E-state index is 11.8. The molecule has 0 bridgehead atoms. The third-order valence-electron chi connectivity index (χ3n) is 3.24. The Labute approximate surface area is 93.0 Å². The van der Waals surface area contributed by atoms with Crippen LogP contribution in [0.25, 0.3) is 0 Å². The van der Waals surface area contributed by atoms with Crippen molar-refractivity contribution in [2.45, 2.75) is 71.0 Å². The minimum Gasteiger partial charge on any atom is -0.352 e. The van der Waals surface area contributed by atoms with Crippen LogP contribution in [-0.2, 0) is 4.79 Å². The average molecular weight is 212 g/mol. The zero-order valence-electron chi connectivity index (χ0n) is 10.2. The van der Waals surface area contributed by atoms with Gasteiger partial charge in [-0.3, -0.25) is 4.79 Å². The van der Waals surface area contributed by atoms with E-state index in [4.69, 9.17) is 0 Å². The van der Waals surface area contributed by atoms with Crippen molar-refractivity contribution in [1.29, 1.82) is 0 Å². The molecule has 88 valence electrons. The van der Waals surface area contributed by atoms with Gasteiger partial charge in [-0.2, -0.15) is 0 Å². The Morgan fingerprint density at radius 2 is 1.93 bits per heavy atom. The van der Waals surface area contributed by atoms with E-state index in [1.54, 1.807) is 0 Å². The Morgan fingerprint density at radius 3 is 2.47 bits per heavy atom. The van der Waals surface area contributed by atoms with Crippen LogP contribution in [0.2, 0.25) is 0 Å². The van der Waals surface area contributed by atoms with Gasteiger partial charge < -0.3 is 10.6 Å². The van der Waals surface area contributed by atoms with Gasteiger partial charge in [-0.25, -0.2) is 0 Å². The van der Waals surface area contributed by atoms with Crippen molar-refractivity contribution in [3.8, 4) is 0 Å². The van der Waals surface area contributed by atoms with Crippen molar-refractivity contribution in [2.75, 3.05) is 0 Å². The smallest absolute Gasteiger partial charge is 0.237 e. The second-order valence-electron chi connectivity index (χ2n) is 4.69. The molecule has 0 aromatic heterocycles. The predicted molar refractivity (Wildman–Crippen MR) is 62.7 cm³/mol. The van der Waals surface area contributed by atoms with Gasteiger partial charge in [0.15, 0.2) is 0 Å². The Morgan fingerprint density at radius 1 is 1.33 bits per heavy atom. The Bertz CT molecular complexity index is 200. The minimum absolute atomic E-state index is 0.0689. The van der Waals surface area contributed by atoms with E-state index in [1.165, 1.54) is 12.8 Å². The molecular formula is C12H24N2O. The van der Waals surface area contributed by atoms with Crippen LogP contribution in [0, 0.1) is 0 Å². The third kappa shape index (κ3) is 4.20. The Kier molecular flexibility index (Phi) is 5.09. The van der Waals surface area contributed by atoms with Crippen molar-refractivity contribution < 1.29 is 4.79 Å². The molecule has 1 fully saturated rings. The van der Waals surface area contributed by atoms with E-state index in [2.05, 4.69) is 24.5 Å². The van der Waals surface area contributed by atoms with Crippen LogP contribution in [-0.4, -0.2) is 24.0 Å². The lowest BCUT2D eigenvalue weighted by molar-refractivity contribution is -0.123. The first-order valence-corrected chi connectivity index (χ1v) is 6.20. The molecule has 1 saturated carbocycles. The zero-order valence-corrected chi connectivity index (χ0v) is 10.2. The fourth-order valence-electron chi connectivity index (χ4n) is 2.02. The molecule has 0 spiro atoms. The fourth-order valence-corrected chi connectivity index (χ4v) is 2.02. The van der Waals surface area contributed by atoms with Crippen LogP contribution in [0.15, 0.2) is 0 Å². The summed E-state index contributed by atoms with van der Waals surface area (Å²) in [7, 11) is 0. The molecule has 0 aliphatic heterocycles. The number of rotatable bonds is 5. The average Bonchev–Trinajstić information content (AvgIpc) is 2.70. The number of carbonyl (C=O) groups is 1. The molecule has 2 atom stereocenters. The van der Waals surface area contributed by atoms with E-state index in [0.29, 0.717) is 12.1 Å². The van der Waals surface area contributed by atoms with Crippen molar-refractivity contribution in [3.63, 3.8) is 0 Å². The SMILES string of the molecule is CCC(C)NC(C)C(=O)NC1CCCC1. The Balaban J connectivity index is 2.25. The summed E-state index contributed by atoms with van der Waals surface area (Å²) < 4.78 is 0. The molecule has 15 heavy (non-hydrogen) atoms. The second kappa shape index (κ2) is 6.11. The molecular weight excluding hydrogens is 188 g/mol. The fraction of sp³-hybridized carbons (Fsp3) is 0.917. The number of hydrogen-bond donors (Lipinski definition) is 2. The molecule has 2 unspecified atom stereocenters. The van der Waals surface area contributed by atoms with Gasteiger partial charge in [0.05, 0.1) is 6.04 Å². The molecule has 1 aliphatic rings. The van der Waals surface area contributed by atoms with E-state index in [1.807, 2.05) is 6.92 Å². The highest BCUT2D eigenvalue weighted by Crippen LogP contribution is 2.17. The minimum atomic E-state index is -0.0689. The van der Waals surface area contributed by atoms with Crippen LogP contribution in [0.1, 0.15) is 52.9 Å². The molecule has 0 aromatic rings. The molecule has 2 N–H and O–H groups in total. The summed E-state index contributed by atoms with van der Waals surface area (Å²) in [6.45, 7) is 6.18. The van der Waals surface area contributed by atoms with Crippen molar-refractivity contribution in [3.05, 3.63) is 0 Å². The first-order chi connectivity index (χ1) is 7.13. The molecule has 3 heteroatoms. The van der Waals surface area contributed by atoms with Gasteiger partial charge in [-0.1, -0.05) is 19.8 Å². The summed E-state index contributed by atoms with van der Waals surface area (Å²) in [5.41, 5.74) is 0. The highest BCUT2D eigenvalue weighted by molar-refractivity contribution is 5.81. The van der Waals surface area contributed by atoms with Gasteiger partial charge in [0.2, 0.25) is 5.91 Å². The summed E-state index contributed by atoms with van der Waals surface area (Å²) in [5.74, 6) is 0.155. The summed E-state index contributed by atoms with van der Waals surface area (Å²) in [5, 5.41) is 6.40. The highest BCUT2D eigenvalue weighted by Gasteiger charge is 2.20. The molecule has 1 rings (SSSR count). The second-order valence-corrected chi connectivity index (χ2v) is 4.69. The Hall–Kier alpha value is -0.570. The van der Waals surface area contributed by atoms with E-state index in [0.717, 1.165) is 19.3 Å². The first kappa shape index (κ1) is 12.5. The molecule has 0 radical (unpaired) electrons. The molecule has 0 aromatic carbocycles. The topological polar surface area (TPSA) is 41.1 Å². The van der Waals surface area contributed by atoms with Crippen LogP contribution < -0.4 is 10.6 Å². The molecule has 1 aliphatic carbocycles. The number of carbonyl (C=O) groups excluding carboxylic acids is 1. The molecule has 0 heterocycles. The number of amides is 1. The van der Waals surface area contributed by atoms with Gasteiger partial charge in [-0.05, 0) is 33.1 Å². The molecule has 0 saturated heterocycles. The monoisotopic (exact) mass is 212 g/mol. The van der Waals surface area contributed by atoms with Crippen molar-refractivity contribution in [2.24, 2.45) is 0 Å². The van der Waals surface area contributed by atoms with Crippen LogP contribution in [0.5, 0.6) is 0 Å². The van der Waals surface area contributed by atoms with Gasteiger partial charge >= 0.3 is 0 Å². The van der Waals surface area contributed by atoms with Crippen LogP contribution in [0.4, 0.5) is 0 Å². The highest BCUT2D eigenvalue weighted by atomic mass is 16.2. The van der Waals surface area contributed by atoms with Gasteiger partial charge in [0, 0.05) is 12.1 Å². The number of hydrogen-bond acceptors (Lipinski definition) is 2. The van der Waals surface area contributed by atoms with E-state index in [9.17, 15) is 4.79 Å². The van der Waals surface area contributed by atoms with Gasteiger partial charge in [-0.15, -0.1) is 0 Å². The summed E-state index contributed by atoms with van der Waals surface area (Å²) in [6, 6.07) is 0.772. The largest absolute Gasteiger partial charge is 0.352 e. The van der Waals surface area contributed by atoms with E-state index < -0.39 is 0 Å². The first-order valence-electron chi connectivity index (χ1n) is 6.20. The van der Waals surface area contributed by atoms with Gasteiger partial charge in [0.1, 0.15) is 0 Å². The van der Waals surface area contributed by atoms with E-state index >= 15 is 0 Å². The standard InChI is InChI=1S/C12H24N2O/c1-4-9(2)13-10(3)12(15)14-11-7-5-6-8-11/h9-11,13H,4-8H2,1-3H3,(H,14,15). The van der Waals surface area contributed by atoms with E-state index in [-0.39, 0.29) is 11.9 Å². The predicted octanol–water partition coefficient (Wildman–Crippen LogP) is 1.82.